The average molecular weight is 309 g/mol. The smallest absolute Gasteiger partial charge is 0.347 e. The molecule has 0 aliphatic heterocycles. The van der Waals surface area contributed by atoms with Gasteiger partial charge in [0, 0.05) is 0 Å². The lowest BCUT2D eigenvalue weighted by Crippen LogP contribution is -1.94. The van der Waals surface area contributed by atoms with Gasteiger partial charge in [-0.15, -0.1) is 11.3 Å². The topological polar surface area (TPSA) is 76.0 Å². The van der Waals surface area contributed by atoms with Crippen LogP contribution in [-0.4, -0.2) is 26.0 Å². The van der Waals surface area contributed by atoms with Crippen LogP contribution in [0.15, 0.2) is 27.1 Å². The fourth-order valence-electron chi connectivity index (χ4n) is 1.54. The second-order valence-corrected chi connectivity index (χ2v) is 6.77. The summed E-state index contributed by atoms with van der Waals surface area (Å²) in [5.74, 6) is -0.939. The number of carboxylic acids is 1. The predicted molar refractivity (Wildman–Crippen MR) is 75.3 cm³/mol. The minimum atomic E-state index is -0.939. The first-order chi connectivity index (χ1) is 9.15. The summed E-state index contributed by atoms with van der Waals surface area (Å²) in [6, 6.07) is 1.93. The first-order valence-electron chi connectivity index (χ1n) is 5.22. The number of carboxylic acid groups (broad SMARTS) is 1. The number of hydrogen-bond acceptors (Lipinski definition) is 7. The van der Waals surface area contributed by atoms with Crippen molar-refractivity contribution in [3.05, 3.63) is 28.3 Å². The van der Waals surface area contributed by atoms with E-state index in [1.807, 2.05) is 11.4 Å². The van der Waals surface area contributed by atoms with Gasteiger partial charge in [-0.3, -0.25) is 0 Å². The van der Waals surface area contributed by atoms with E-state index in [4.69, 9.17) is 5.11 Å². The molecule has 0 saturated carbocycles. The molecule has 3 rings (SSSR count). The van der Waals surface area contributed by atoms with Crippen molar-refractivity contribution in [3.63, 3.8) is 0 Å². The predicted octanol–water partition coefficient (Wildman–Crippen LogP) is 3.31. The van der Waals surface area contributed by atoms with Crippen LogP contribution >= 0.6 is 34.4 Å². The summed E-state index contributed by atoms with van der Waals surface area (Å²) in [6.07, 6.45) is 1.51. The molecule has 0 unspecified atom stereocenters. The molecular weight excluding hydrogens is 302 g/mol. The maximum absolute atomic E-state index is 11.0. The van der Waals surface area contributed by atoms with Gasteiger partial charge in [0.05, 0.1) is 15.9 Å². The summed E-state index contributed by atoms with van der Waals surface area (Å²) in [5.41, 5.74) is 1.44. The second-order valence-electron chi connectivity index (χ2n) is 3.62. The SMILES string of the molecule is Cc1nc(Sc2ncnc3ccsc23)sc1C(=O)O. The zero-order valence-corrected chi connectivity index (χ0v) is 12.1. The van der Waals surface area contributed by atoms with Crippen molar-refractivity contribution in [1.82, 2.24) is 15.0 Å². The van der Waals surface area contributed by atoms with Crippen LogP contribution < -0.4 is 0 Å². The summed E-state index contributed by atoms with van der Waals surface area (Å²) >= 11 is 4.11. The Morgan fingerprint density at radius 3 is 3.00 bits per heavy atom. The van der Waals surface area contributed by atoms with E-state index in [0.717, 1.165) is 15.2 Å². The van der Waals surface area contributed by atoms with Crippen LogP contribution in [-0.2, 0) is 0 Å². The van der Waals surface area contributed by atoms with Gasteiger partial charge in [-0.25, -0.2) is 19.7 Å². The molecule has 0 fully saturated rings. The van der Waals surface area contributed by atoms with Crippen molar-refractivity contribution >= 4 is 50.6 Å². The maximum atomic E-state index is 11.0. The normalized spacial score (nSPS) is 11.0. The Hall–Kier alpha value is -1.51. The molecule has 3 aromatic rings. The summed E-state index contributed by atoms with van der Waals surface area (Å²) in [4.78, 5) is 23.9. The molecule has 0 aromatic carbocycles. The number of thiazole rings is 1. The summed E-state index contributed by atoms with van der Waals surface area (Å²) in [7, 11) is 0. The zero-order valence-electron chi connectivity index (χ0n) is 9.65. The van der Waals surface area contributed by atoms with E-state index < -0.39 is 5.97 Å². The lowest BCUT2D eigenvalue weighted by Gasteiger charge is -1.97. The van der Waals surface area contributed by atoms with Crippen molar-refractivity contribution in [2.24, 2.45) is 0 Å². The third kappa shape index (κ3) is 2.34. The van der Waals surface area contributed by atoms with Crippen LogP contribution in [0.3, 0.4) is 0 Å². The highest BCUT2D eigenvalue weighted by Gasteiger charge is 2.16. The number of aryl methyl sites for hydroxylation is 1. The second kappa shape index (κ2) is 4.87. The molecule has 8 heteroatoms. The Morgan fingerprint density at radius 1 is 1.42 bits per heavy atom. The molecule has 0 atom stereocenters. The fraction of sp³-hybridized carbons (Fsp3) is 0.0909. The van der Waals surface area contributed by atoms with Crippen LogP contribution in [0.1, 0.15) is 15.4 Å². The van der Waals surface area contributed by atoms with E-state index in [9.17, 15) is 4.79 Å². The molecule has 0 saturated heterocycles. The van der Waals surface area contributed by atoms with E-state index in [-0.39, 0.29) is 4.88 Å². The van der Waals surface area contributed by atoms with Crippen LogP contribution in [0, 0.1) is 6.92 Å². The molecule has 0 spiro atoms. The summed E-state index contributed by atoms with van der Waals surface area (Å²) in [5, 5.41) is 11.8. The Kier molecular flexibility index (Phi) is 3.21. The molecule has 3 aromatic heterocycles. The Labute approximate surface area is 120 Å². The first kappa shape index (κ1) is 12.5. The molecule has 0 radical (unpaired) electrons. The van der Waals surface area contributed by atoms with Gasteiger partial charge < -0.3 is 5.11 Å². The highest BCUT2D eigenvalue weighted by molar-refractivity contribution is 8.01. The molecule has 0 aliphatic rings. The Morgan fingerprint density at radius 2 is 2.26 bits per heavy atom. The van der Waals surface area contributed by atoms with E-state index in [0.29, 0.717) is 10.0 Å². The van der Waals surface area contributed by atoms with Crippen molar-refractivity contribution in [2.75, 3.05) is 0 Å². The van der Waals surface area contributed by atoms with Crippen molar-refractivity contribution in [3.8, 4) is 0 Å². The number of hydrogen-bond donors (Lipinski definition) is 1. The average Bonchev–Trinajstić information content (AvgIpc) is 2.96. The summed E-state index contributed by atoms with van der Waals surface area (Å²) < 4.78 is 1.68. The number of rotatable bonds is 3. The molecule has 0 bridgehead atoms. The Balaban J connectivity index is 1.99. The molecule has 96 valence electrons. The van der Waals surface area contributed by atoms with Crippen molar-refractivity contribution in [1.29, 1.82) is 0 Å². The third-order valence-corrected chi connectivity index (χ3v) is 5.61. The number of aromatic nitrogens is 3. The molecule has 3 heterocycles. The fourth-order valence-corrected chi connectivity index (χ4v) is 4.47. The van der Waals surface area contributed by atoms with Crippen LogP contribution in [0.5, 0.6) is 0 Å². The minimum Gasteiger partial charge on any atom is -0.477 e. The molecule has 19 heavy (non-hydrogen) atoms. The van der Waals surface area contributed by atoms with Gasteiger partial charge in [0.2, 0.25) is 0 Å². The van der Waals surface area contributed by atoms with Crippen molar-refractivity contribution in [2.45, 2.75) is 16.3 Å². The van der Waals surface area contributed by atoms with Gasteiger partial charge >= 0.3 is 5.97 Å². The Bertz CT molecular complexity index is 765. The van der Waals surface area contributed by atoms with E-state index in [1.165, 1.54) is 29.4 Å². The van der Waals surface area contributed by atoms with Crippen LogP contribution in [0.4, 0.5) is 0 Å². The molecule has 0 amide bonds. The quantitative estimate of drug-likeness (QED) is 0.748. The third-order valence-electron chi connectivity index (χ3n) is 2.37. The lowest BCUT2D eigenvalue weighted by atomic mass is 10.4. The van der Waals surface area contributed by atoms with Crippen molar-refractivity contribution < 1.29 is 9.90 Å². The standard InChI is InChI=1S/C11H7N3O2S3/c1-5-7(10(15)16)18-11(14-5)19-9-8-6(2-3-17-8)12-4-13-9/h2-4H,1H3,(H,15,16). The monoisotopic (exact) mass is 309 g/mol. The van der Waals surface area contributed by atoms with Gasteiger partial charge in [-0.05, 0) is 30.1 Å². The zero-order chi connectivity index (χ0) is 13.4. The lowest BCUT2D eigenvalue weighted by molar-refractivity contribution is 0.0701. The highest BCUT2D eigenvalue weighted by atomic mass is 32.2. The van der Waals surface area contributed by atoms with Gasteiger partial charge in [-0.1, -0.05) is 11.3 Å². The molecular formula is C11H7N3O2S3. The van der Waals surface area contributed by atoms with Gasteiger partial charge in [0.25, 0.3) is 0 Å². The summed E-state index contributed by atoms with van der Waals surface area (Å²) in [6.45, 7) is 1.70. The number of carbonyl (C=O) groups is 1. The largest absolute Gasteiger partial charge is 0.477 e. The minimum absolute atomic E-state index is 0.277. The number of thiophene rings is 1. The molecule has 5 nitrogen and oxygen atoms in total. The first-order valence-corrected chi connectivity index (χ1v) is 7.73. The van der Waals surface area contributed by atoms with Crippen LogP contribution in [0.25, 0.3) is 10.2 Å². The molecule has 0 aliphatic carbocycles. The van der Waals surface area contributed by atoms with Gasteiger partial charge in [-0.2, -0.15) is 0 Å². The molecule has 1 N–H and O–H groups in total. The van der Waals surface area contributed by atoms with Crippen LogP contribution in [0.2, 0.25) is 0 Å². The van der Waals surface area contributed by atoms with Gasteiger partial charge in [0.15, 0.2) is 4.34 Å². The maximum Gasteiger partial charge on any atom is 0.347 e. The number of fused-ring (bicyclic) bond motifs is 1. The highest BCUT2D eigenvalue weighted by Crippen LogP contribution is 2.36. The van der Waals surface area contributed by atoms with E-state index >= 15 is 0 Å². The van der Waals surface area contributed by atoms with E-state index in [2.05, 4.69) is 15.0 Å². The van der Waals surface area contributed by atoms with Gasteiger partial charge in [0.1, 0.15) is 16.2 Å². The van der Waals surface area contributed by atoms with E-state index in [1.54, 1.807) is 18.3 Å². The number of aromatic carboxylic acids is 1. The number of nitrogens with zero attached hydrogens (tertiary/aromatic N) is 3.